The average molecular weight is 513 g/mol. The highest BCUT2D eigenvalue weighted by molar-refractivity contribution is 7.99. The molecule has 0 bridgehead atoms. The van der Waals surface area contributed by atoms with Gasteiger partial charge in [0.15, 0.2) is 0 Å². The van der Waals surface area contributed by atoms with Crippen molar-refractivity contribution in [3.05, 3.63) is 0 Å². The highest BCUT2D eigenvalue weighted by Crippen LogP contribution is 2.19. The quantitative estimate of drug-likeness (QED) is 0.401. The summed E-state index contributed by atoms with van der Waals surface area (Å²) in [4.78, 5) is 62.1. The van der Waals surface area contributed by atoms with Crippen molar-refractivity contribution in [3.63, 3.8) is 0 Å². The molecule has 0 aromatic carbocycles. The van der Waals surface area contributed by atoms with Crippen LogP contribution < -0.4 is 0 Å². The Hall–Kier alpha value is -1.18. The highest BCUT2D eigenvalue weighted by atomic mass is 32.2. The summed E-state index contributed by atoms with van der Waals surface area (Å²) >= 11 is 3.79. The molecule has 4 fully saturated rings. The number of piperazine rings is 2. The van der Waals surface area contributed by atoms with E-state index in [9.17, 15) is 19.2 Å². The number of thioether (sulfide) groups is 2. The molecule has 4 heterocycles. The molecule has 0 unspecified atom stereocenters. The number of carbonyl (C=O) groups is 4. The summed E-state index contributed by atoms with van der Waals surface area (Å²) in [5.41, 5.74) is 0. The summed E-state index contributed by atoms with van der Waals surface area (Å²) < 4.78 is 0. The molecule has 2 atom stereocenters. The van der Waals surface area contributed by atoms with Crippen LogP contribution in [0.25, 0.3) is 0 Å². The third-order valence-corrected chi connectivity index (χ3v) is 9.18. The van der Waals surface area contributed by atoms with E-state index in [0.717, 1.165) is 49.2 Å². The zero-order valence-electron chi connectivity index (χ0n) is 20.2. The van der Waals surface area contributed by atoms with Crippen molar-refractivity contribution >= 4 is 47.2 Å². The van der Waals surface area contributed by atoms with Gasteiger partial charge in [0.2, 0.25) is 23.6 Å². The van der Waals surface area contributed by atoms with E-state index in [1.165, 1.54) is 9.80 Å². The summed E-state index contributed by atoms with van der Waals surface area (Å²) in [6, 6.07) is -0.291. The van der Waals surface area contributed by atoms with Crippen molar-refractivity contribution in [2.45, 2.75) is 25.9 Å². The second kappa shape index (κ2) is 11.7. The third-order valence-electron chi connectivity index (χ3n) is 7.30. The van der Waals surface area contributed by atoms with Gasteiger partial charge in [-0.1, -0.05) is 0 Å². The maximum Gasteiger partial charge on any atom is 0.244 e. The van der Waals surface area contributed by atoms with Crippen LogP contribution in [0, 0.1) is 0 Å². The molecule has 0 aromatic heterocycles. The van der Waals surface area contributed by atoms with E-state index in [1.54, 1.807) is 0 Å². The molecule has 0 radical (unpaired) electrons. The van der Waals surface area contributed by atoms with E-state index in [-0.39, 0.29) is 61.9 Å². The van der Waals surface area contributed by atoms with E-state index >= 15 is 0 Å². The van der Waals surface area contributed by atoms with Gasteiger partial charge in [-0.25, -0.2) is 0 Å². The molecule has 0 aliphatic carbocycles. The van der Waals surface area contributed by atoms with E-state index in [2.05, 4.69) is 9.80 Å². The molecule has 4 rings (SSSR count). The maximum absolute atomic E-state index is 12.8. The van der Waals surface area contributed by atoms with Gasteiger partial charge in [0.05, 0.1) is 39.5 Å². The molecular formula is C22H36N6O4S2. The number of hydrogen-bond donors (Lipinski definition) is 0. The Morgan fingerprint density at radius 2 is 0.882 bits per heavy atom. The molecule has 4 aliphatic rings. The first-order valence-corrected chi connectivity index (χ1v) is 14.4. The number of amides is 4. The predicted molar refractivity (Wildman–Crippen MR) is 133 cm³/mol. The first-order chi connectivity index (χ1) is 16.3. The fraction of sp³-hybridized carbons (Fsp3) is 0.818. The second-order valence-corrected chi connectivity index (χ2v) is 11.9. The Bertz CT molecular complexity index is 689. The van der Waals surface area contributed by atoms with E-state index < -0.39 is 0 Å². The van der Waals surface area contributed by atoms with E-state index in [0.29, 0.717) is 13.3 Å². The number of carbonyl (C=O) groups excluding carboxylic acids is 4. The topological polar surface area (TPSA) is 87.7 Å². The number of imide groups is 2. The summed E-state index contributed by atoms with van der Waals surface area (Å²) in [7, 11) is 0. The maximum atomic E-state index is 12.8. The molecule has 4 saturated heterocycles. The molecule has 10 nitrogen and oxygen atoms in total. The zero-order chi connectivity index (χ0) is 24.2. The molecule has 190 valence electrons. The molecular weight excluding hydrogens is 476 g/mol. The van der Waals surface area contributed by atoms with Crippen LogP contribution in [0.15, 0.2) is 0 Å². The van der Waals surface area contributed by atoms with Crippen LogP contribution >= 0.6 is 23.5 Å². The first-order valence-electron chi connectivity index (χ1n) is 12.1. The number of hydrogen-bond acceptors (Lipinski definition) is 10. The standard InChI is InChI=1S/C22H36N6O4S2/c1-17(25-11-19(29)27(20(30)12-25)15-23-3-7-33-8-4-23)18(2)26-13-21(31)28(22(32)14-26)16-24-5-9-34-10-6-24/h17-18H,3-16H2,1-2H3/t17-,18+. The van der Waals surface area contributed by atoms with Crippen LogP contribution in [0.5, 0.6) is 0 Å². The highest BCUT2D eigenvalue weighted by Gasteiger charge is 2.40. The average Bonchev–Trinajstić information content (AvgIpc) is 2.83. The minimum Gasteiger partial charge on any atom is -0.284 e. The van der Waals surface area contributed by atoms with Crippen molar-refractivity contribution in [1.82, 2.24) is 29.4 Å². The van der Waals surface area contributed by atoms with Crippen LogP contribution in [-0.2, 0) is 19.2 Å². The van der Waals surface area contributed by atoms with Gasteiger partial charge in [-0.05, 0) is 13.8 Å². The van der Waals surface area contributed by atoms with Crippen molar-refractivity contribution in [3.8, 4) is 0 Å². The Morgan fingerprint density at radius 3 is 1.18 bits per heavy atom. The van der Waals surface area contributed by atoms with Crippen LogP contribution in [-0.4, -0.2) is 154 Å². The summed E-state index contributed by atoms with van der Waals surface area (Å²) in [6.45, 7) is 8.95. The van der Waals surface area contributed by atoms with Gasteiger partial charge in [0.25, 0.3) is 0 Å². The SMILES string of the molecule is C[C@H]([C@H](C)N1CC(=O)N(CN2CCSCC2)C(=O)C1)N1CC(=O)N(CN2CCSCC2)C(=O)C1. The number of nitrogens with zero attached hydrogens (tertiary/aromatic N) is 6. The first kappa shape index (κ1) is 25.9. The van der Waals surface area contributed by atoms with E-state index in [1.807, 2.05) is 47.2 Å². The lowest BCUT2D eigenvalue weighted by atomic mass is 10.1. The molecule has 12 heteroatoms. The van der Waals surface area contributed by atoms with Gasteiger partial charge in [0, 0.05) is 61.3 Å². The van der Waals surface area contributed by atoms with Gasteiger partial charge in [-0.3, -0.25) is 48.6 Å². The minimum atomic E-state index is -0.176. The van der Waals surface area contributed by atoms with Gasteiger partial charge < -0.3 is 0 Å². The Kier molecular flexibility index (Phi) is 8.91. The predicted octanol–water partition coefficient (Wildman–Crippen LogP) is -0.882. The van der Waals surface area contributed by atoms with Gasteiger partial charge in [0.1, 0.15) is 0 Å². The lowest BCUT2D eigenvalue weighted by molar-refractivity contribution is -0.159. The van der Waals surface area contributed by atoms with Crippen LogP contribution in [0.2, 0.25) is 0 Å². The van der Waals surface area contributed by atoms with Crippen molar-refractivity contribution in [2.75, 3.05) is 88.7 Å². The largest absolute Gasteiger partial charge is 0.284 e. The molecule has 0 aromatic rings. The van der Waals surface area contributed by atoms with Crippen LogP contribution in [0.3, 0.4) is 0 Å². The van der Waals surface area contributed by atoms with Crippen molar-refractivity contribution in [1.29, 1.82) is 0 Å². The third kappa shape index (κ3) is 6.14. The van der Waals surface area contributed by atoms with Gasteiger partial charge in [-0.2, -0.15) is 23.5 Å². The van der Waals surface area contributed by atoms with Crippen LogP contribution in [0.4, 0.5) is 0 Å². The molecule has 4 amide bonds. The fourth-order valence-corrected chi connectivity index (χ4v) is 6.77. The molecule has 0 spiro atoms. The molecule has 4 aliphatic heterocycles. The minimum absolute atomic E-state index is 0.146. The molecule has 0 N–H and O–H groups in total. The summed E-state index contributed by atoms with van der Waals surface area (Å²) in [5.74, 6) is 3.40. The lowest BCUT2D eigenvalue weighted by Gasteiger charge is -2.44. The Labute approximate surface area is 210 Å². The zero-order valence-corrected chi connectivity index (χ0v) is 21.8. The second-order valence-electron chi connectivity index (χ2n) is 9.47. The van der Waals surface area contributed by atoms with Crippen molar-refractivity contribution < 1.29 is 19.2 Å². The summed E-state index contributed by atoms with van der Waals surface area (Å²) in [6.07, 6.45) is 0. The Morgan fingerprint density at radius 1 is 0.588 bits per heavy atom. The normalized spacial score (nSPS) is 26.9. The fourth-order valence-electron chi connectivity index (χ4n) is 4.81. The smallest absolute Gasteiger partial charge is 0.244 e. The Balaban J connectivity index is 1.30. The van der Waals surface area contributed by atoms with Gasteiger partial charge in [-0.15, -0.1) is 0 Å². The summed E-state index contributed by atoms with van der Waals surface area (Å²) in [5, 5.41) is 0. The monoisotopic (exact) mass is 512 g/mol. The van der Waals surface area contributed by atoms with Gasteiger partial charge >= 0.3 is 0 Å². The molecule has 34 heavy (non-hydrogen) atoms. The lowest BCUT2D eigenvalue weighted by Crippen LogP contribution is -2.64. The van der Waals surface area contributed by atoms with Crippen molar-refractivity contribution in [2.24, 2.45) is 0 Å². The van der Waals surface area contributed by atoms with E-state index in [4.69, 9.17) is 0 Å². The van der Waals surface area contributed by atoms with Crippen LogP contribution in [0.1, 0.15) is 13.8 Å². The number of rotatable bonds is 7. The molecule has 0 saturated carbocycles.